The maximum Gasteiger partial charge on any atom is 0.0366 e. The van der Waals surface area contributed by atoms with Crippen LogP contribution in [0.2, 0.25) is 0 Å². The van der Waals surface area contributed by atoms with Gasteiger partial charge in [-0.2, -0.15) is 0 Å². The smallest absolute Gasteiger partial charge is 0.0366 e. The molecule has 0 radical (unpaired) electrons. The van der Waals surface area contributed by atoms with Gasteiger partial charge in [-0.15, -0.1) is 0 Å². The number of nitrogens with one attached hydrogen (secondary N) is 1. The first-order chi connectivity index (χ1) is 9.24. The van der Waals surface area contributed by atoms with Crippen molar-refractivity contribution in [3.8, 4) is 0 Å². The second-order valence-electron chi connectivity index (χ2n) is 5.79. The molecule has 0 aromatic heterocycles. The van der Waals surface area contributed by atoms with Crippen molar-refractivity contribution in [2.45, 2.75) is 45.6 Å². The van der Waals surface area contributed by atoms with Crippen molar-refractivity contribution >= 4 is 5.69 Å². The van der Waals surface area contributed by atoms with Gasteiger partial charge in [-0.25, -0.2) is 0 Å². The zero-order valence-corrected chi connectivity index (χ0v) is 12.7. The van der Waals surface area contributed by atoms with Crippen LogP contribution in [0.25, 0.3) is 0 Å². The van der Waals surface area contributed by atoms with Gasteiger partial charge in [0.25, 0.3) is 0 Å². The Bertz CT molecular complexity index is 371. The van der Waals surface area contributed by atoms with E-state index in [4.69, 9.17) is 0 Å². The predicted octanol–water partition coefficient (Wildman–Crippen LogP) is 3.98. The van der Waals surface area contributed by atoms with Crippen LogP contribution in [-0.2, 0) is 0 Å². The Morgan fingerprint density at radius 1 is 1.21 bits per heavy atom. The van der Waals surface area contributed by atoms with Gasteiger partial charge in [-0.1, -0.05) is 25.5 Å². The van der Waals surface area contributed by atoms with E-state index in [2.05, 4.69) is 48.3 Å². The fourth-order valence-corrected chi connectivity index (χ4v) is 2.97. The molecular weight excluding hydrogens is 232 g/mol. The Morgan fingerprint density at radius 2 is 1.95 bits per heavy atom. The van der Waals surface area contributed by atoms with Gasteiger partial charge in [-0.3, -0.25) is 0 Å². The maximum atomic E-state index is 3.29. The molecular formula is C17H28N2. The van der Waals surface area contributed by atoms with Gasteiger partial charge >= 0.3 is 0 Å². The lowest BCUT2D eigenvalue weighted by Gasteiger charge is -2.23. The molecule has 1 N–H and O–H groups in total. The summed E-state index contributed by atoms with van der Waals surface area (Å²) < 4.78 is 0. The van der Waals surface area contributed by atoms with E-state index in [1.165, 1.54) is 50.0 Å². The highest BCUT2D eigenvalue weighted by atomic mass is 15.1. The van der Waals surface area contributed by atoms with Crippen molar-refractivity contribution in [3.05, 3.63) is 29.8 Å². The highest BCUT2D eigenvalue weighted by Gasteiger charge is 2.16. The summed E-state index contributed by atoms with van der Waals surface area (Å²) in [6, 6.07) is 9.53. The lowest BCUT2D eigenvalue weighted by molar-refractivity contribution is 0.459. The minimum Gasteiger partial charge on any atom is -0.372 e. The molecule has 1 saturated heterocycles. The van der Waals surface area contributed by atoms with Crippen molar-refractivity contribution in [1.29, 1.82) is 0 Å². The van der Waals surface area contributed by atoms with Gasteiger partial charge in [-0.05, 0) is 56.8 Å². The Balaban J connectivity index is 2.01. The molecule has 106 valence electrons. The predicted molar refractivity (Wildman–Crippen MR) is 83.8 cm³/mol. The molecule has 2 heteroatoms. The van der Waals surface area contributed by atoms with Gasteiger partial charge in [0.15, 0.2) is 0 Å². The number of rotatable bonds is 4. The Kier molecular flexibility index (Phi) is 5.26. The molecule has 2 nitrogen and oxygen atoms in total. The Labute approximate surface area is 118 Å². The molecule has 19 heavy (non-hydrogen) atoms. The minimum atomic E-state index is 0.433. The highest BCUT2D eigenvalue weighted by molar-refractivity contribution is 5.48. The zero-order chi connectivity index (χ0) is 13.7. The summed E-state index contributed by atoms with van der Waals surface area (Å²) >= 11 is 0. The third-order valence-electron chi connectivity index (χ3n) is 4.62. The molecule has 1 aromatic carbocycles. The van der Waals surface area contributed by atoms with Gasteiger partial charge in [0.1, 0.15) is 0 Å². The summed E-state index contributed by atoms with van der Waals surface area (Å²) in [6.45, 7) is 6.97. The van der Waals surface area contributed by atoms with Crippen molar-refractivity contribution in [1.82, 2.24) is 5.32 Å². The number of benzene rings is 1. The SMILES string of the molecule is CCC1CCCN(c2ccc(C(C)NC)cc2)CC1. The summed E-state index contributed by atoms with van der Waals surface area (Å²) in [7, 11) is 2.01. The van der Waals surface area contributed by atoms with Crippen molar-refractivity contribution in [3.63, 3.8) is 0 Å². The van der Waals surface area contributed by atoms with Gasteiger partial charge in [0, 0.05) is 24.8 Å². The van der Waals surface area contributed by atoms with E-state index in [1.54, 1.807) is 0 Å². The van der Waals surface area contributed by atoms with Gasteiger partial charge < -0.3 is 10.2 Å². The van der Waals surface area contributed by atoms with Crippen LogP contribution in [0.3, 0.4) is 0 Å². The van der Waals surface area contributed by atoms with E-state index >= 15 is 0 Å². The second kappa shape index (κ2) is 6.95. The summed E-state index contributed by atoms with van der Waals surface area (Å²) in [5, 5.41) is 3.29. The number of hydrogen-bond donors (Lipinski definition) is 1. The first kappa shape index (κ1) is 14.4. The summed E-state index contributed by atoms with van der Waals surface area (Å²) in [5.41, 5.74) is 2.76. The van der Waals surface area contributed by atoms with E-state index in [0.717, 1.165) is 5.92 Å². The molecule has 0 amide bonds. The molecule has 0 saturated carbocycles. The topological polar surface area (TPSA) is 15.3 Å². The zero-order valence-electron chi connectivity index (χ0n) is 12.7. The molecule has 1 heterocycles. The van der Waals surface area contributed by atoms with Crippen LogP contribution in [0.4, 0.5) is 5.69 Å². The van der Waals surface area contributed by atoms with E-state index in [9.17, 15) is 0 Å². The molecule has 0 spiro atoms. The maximum absolute atomic E-state index is 3.29. The van der Waals surface area contributed by atoms with E-state index in [1.807, 2.05) is 7.05 Å². The highest BCUT2D eigenvalue weighted by Crippen LogP contribution is 2.25. The average molecular weight is 260 g/mol. The lowest BCUT2D eigenvalue weighted by atomic mass is 9.98. The summed E-state index contributed by atoms with van der Waals surface area (Å²) in [4.78, 5) is 2.56. The molecule has 2 atom stereocenters. The monoisotopic (exact) mass is 260 g/mol. The quantitative estimate of drug-likeness (QED) is 0.881. The normalized spacial score (nSPS) is 22.1. The molecule has 1 aromatic rings. The van der Waals surface area contributed by atoms with Crippen LogP contribution in [-0.4, -0.2) is 20.1 Å². The molecule has 0 bridgehead atoms. The first-order valence-electron chi connectivity index (χ1n) is 7.76. The van der Waals surface area contributed by atoms with Crippen LogP contribution in [0.5, 0.6) is 0 Å². The average Bonchev–Trinajstić information content (AvgIpc) is 2.72. The third-order valence-corrected chi connectivity index (χ3v) is 4.62. The Morgan fingerprint density at radius 3 is 2.58 bits per heavy atom. The van der Waals surface area contributed by atoms with Gasteiger partial charge in [0.2, 0.25) is 0 Å². The van der Waals surface area contributed by atoms with Crippen molar-refractivity contribution < 1.29 is 0 Å². The van der Waals surface area contributed by atoms with Gasteiger partial charge in [0.05, 0.1) is 0 Å². The first-order valence-corrected chi connectivity index (χ1v) is 7.76. The van der Waals surface area contributed by atoms with Crippen LogP contribution >= 0.6 is 0 Å². The van der Waals surface area contributed by atoms with E-state index in [0.29, 0.717) is 6.04 Å². The minimum absolute atomic E-state index is 0.433. The molecule has 1 aliphatic rings. The largest absolute Gasteiger partial charge is 0.372 e. The van der Waals surface area contributed by atoms with Crippen LogP contribution in [0.1, 0.15) is 51.1 Å². The fourth-order valence-electron chi connectivity index (χ4n) is 2.97. The van der Waals surface area contributed by atoms with Crippen molar-refractivity contribution in [2.75, 3.05) is 25.0 Å². The molecule has 0 aliphatic carbocycles. The van der Waals surface area contributed by atoms with E-state index < -0.39 is 0 Å². The summed E-state index contributed by atoms with van der Waals surface area (Å²) in [6.07, 6.45) is 5.44. The fraction of sp³-hybridized carbons (Fsp3) is 0.647. The van der Waals surface area contributed by atoms with Crippen LogP contribution < -0.4 is 10.2 Å². The Hall–Kier alpha value is -1.02. The number of hydrogen-bond acceptors (Lipinski definition) is 2. The standard InChI is InChI=1S/C17H28N2/c1-4-15-6-5-12-19(13-11-15)17-9-7-16(8-10-17)14(2)18-3/h7-10,14-15,18H,4-6,11-13H2,1-3H3. The second-order valence-corrected chi connectivity index (χ2v) is 5.79. The third kappa shape index (κ3) is 3.73. The van der Waals surface area contributed by atoms with E-state index in [-0.39, 0.29) is 0 Å². The van der Waals surface area contributed by atoms with Crippen molar-refractivity contribution in [2.24, 2.45) is 5.92 Å². The molecule has 2 unspecified atom stereocenters. The van der Waals surface area contributed by atoms with Crippen LogP contribution in [0.15, 0.2) is 24.3 Å². The van der Waals surface area contributed by atoms with Crippen LogP contribution in [0, 0.1) is 5.92 Å². The molecule has 1 fully saturated rings. The molecule has 1 aliphatic heterocycles. The number of anilines is 1. The lowest BCUT2D eigenvalue weighted by Crippen LogP contribution is -2.24. The number of nitrogens with zero attached hydrogens (tertiary/aromatic N) is 1. The molecule has 2 rings (SSSR count). The summed E-state index contributed by atoms with van der Waals surface area (Å²) in [5.74, 6) is 0.939.